The maximum Gasteiger partial charge on any atom is 0.251 e. The van der Waals surface area contributed by atoms with Crippen molar-refractivity contribution in [3.63, 3.8) is 0 Å². The van der Waals surface area contributed by atoms with E-state index < -0.39 is 0 Å². The fourth-order valence-electron chi connectivity index (χ4n) is 3.85. The van der Waals surface area contributed by atoms with Crippen molar-refractivity contribution in [2.45, 2.75) is 32.1 Å². The first-order valence-electron chi connectivity index (χ1n) is 9.00. The van der Waals surface area contributed by atoms with Gasteiger partial charge in [-0.25, -0.2) is 0 Å². The fraction of sp³-hybridized carbons (Fsp3) is 0.333. The van der Waals surface area contributed by atoms with Gasteiger partial charge in [0.1, 0.15) is 0 Å². The molecule has 0 spiro atoms. The van der Waals surface area contributed by atoms with Gasteiger partial charge in [0.05, 0.1) is 5.69 Å². The number of rotatable bonds is 4. The number of anilines is 1. The third-order valence-corrected chi connectivity index (χ3v) is 5.08. The van der Waals surface area contributed by atoms with Crippen LogP contribution in [-0.2, 0) is 24.1 Å². The smallest absolute Gasteiger partial charge is 0.251 e. The number of hydrogen-bond acceptors (Lipinski definition) is 2. The summed E-state index contributed by atoms with van der Waals surface area (Å²) in [6.07, 6.45) is 4.02. The summed E-state index contributed by atoms with van der Waals surface area (Å²) in [5.41, 5.74) is 5.30. The number of carbonyl (C=O) groups is 2. The van der Waals surface area contributed by atoms with Gasteiger partial charge in [0.2, 0.25) is 5.91 Å². The molecular weight excluding hydrogens is 312 g/mol. The standard InChI is InChI=1S/C21H22N2O2/c24-19-9-8-17-14-18(13-16-7-4-12-23(19)20(16)17)21(25)22-11-10-15-5-2-1-3-6-15/h1-3,5-6,13-14H,4,7-12H2,(H,22,25). The van der Waals surface area contributed by atoms with E-state index in [4.69, 9.17) is 0 Å². The van der Waals surface area contributed by atoms with Gasteiger partial charge >= 0.3 is 0 Å². The molecule has 0 atom stereocenters. The number of carbonyl (C=O) groups excluding carboxylic acids is 2. The molecular formula is C21H22N2O2. The topological polar surface area (TPSA) is 49.4 Å². The van der Waals surface area contributed by atoms with Gasteiger partial charge in [0.25, 0.3) is 5.91 Å². The first-order chi connectivity index (χ1) is 12.2. The predicted octanol–water partition coefficient (Wildman–Crippen LogP) is 2.88. The first kappa shape index (κ1) is 15.9. The Morgan fingerprint density at radius 2 is 1.80 bits per heavy atom. The Balaban J connectivity index is 1.49. The first-order valence-corrected chi connectivity index (χ1v) is 9.00. The van der Waals surface area contributed by atoms with Gasteiger partial charge in [0.15, 0.2) is 0 Å². The summed E-state index contributed by atoms with van der Waals surface area (Å²) in [6.45, 7) is 1.43. The molecule has 2 amide bonds. The van der Waals surface area contributed by atoms with Crippen LogP contribution in [-0.4, -0.2) is 24.9 Å². The van der Waals surface area contributed by atoms with Crippen LogP contribution in [0.2, 0.25) is 0 Å². The molecule has 4 nitrogen and oxygen atoms in total. The Labute approximate surface area is 147 Å². The molecule has 0 radical (unpaired) electrons. The molecule has 0 saturated carbocycles. The molecule has 0 bridgehead atoms. The van der Waals surface area contributed by atoms with Crippen molar-refractivity contribution >= 4 is 17.5 Å². The molecule has 4 rings (SSSR count). The highest BCUT2D eigenvalue weighted by atomic mass is 16.2. The monoisotopic (exact) mass is 334 g/mol. The number of aryl methyl sites for hydroxylation is 2. The van der Waals surface area contributed by atoms with Crippen molar-refractivity contribution in [1.82, 2.24) is 5.32 Å². The molecule has 0 saturated heterocycles. The molecule has 0 aliphatic carbocycles. The van der Waals surface area contributed by atoms with Crippen LogP contribution in [0.5, 0.6) is 0 Å². The van der Waals surface area contributed by atoms with Gasteiger partial charge in [-0.05, 0) is 54.5 Å². The number of amides is 2. The lowest BCUT2D eigenvalue weighted by atomic mass is 9.89. The minimum Gasteiger partial charge on any atom is -0.352 e. The van der Waals surface area contributed by atoms with E-state index >= 15 is 0 Å². The molecule has 0 fully saturated rings. The van der Waals surface area contributed by atoms with Crippen molar-refractivity contribution in [3.8, 4) is 0 Å². The zero-order valence-electron chi connectivity index (χ0n) is 14.3. The summed E-state index contributed by atoms with van der Waals surface area (Å²) >= 11 is 0. The zero-order valence-corrected chi connectivity index (χ0v) is 14.3. The number of hydrogen-bond donors (Lipinski definition) is 1. The summed E-state index contributed by atoms with van der Waals surface area (Å²) in [7, 11) is 0. The number of benzene rings is 2. The number of nitrogens with one attached hydrogen (secondary N) is 1. The second kappa shape index (κ2) is 6.71. The summed E-state index contributed by atoms with van der Waals surface area (Å²) in [5, 5.41) is 3.02. The molecule has 2 aliphatic heterocycles. The summed E-state index contributed by atoms with van der Waals surface area (Å²) in [5.74, 6) is 0.192. The average molecular weight is 334 g/mol. The highest BCUT2D eigenvalue weighted by Crippen LogP contribution is 2.36. The molecule has 2 aromatic rings. The Morgan fingerprint density at radius 1 is 1.04 bits per heavy atom. The van der Waals surface area contributed by atoms with Crippen LogP contribution in [0.15, 0.2) is 42.5 Å². The highest BCUT2D eigenvalue weighted by Gasteiger charge is 2.30. The van der Waals surface area contributed by atoms with Gasteiger partial charge in [-0.2, -0.15) is 0 Å². The second-order valence-corrected chi connectivity index (χ2v) is 6.78. The third-order valence-electron chi connectivity index (χ3n) is 5.08. The fourth-order valence-corrected chi connectivity index (χ4v) is 3.85. The van der Waals surface area contributed by atoms with Crippen LogP contribution >= 0.6 is 0 Å². The van der Waals surface area contributed by atoms with E-state index in [-0.39, 0.29) is 11.8 Å². The Morgan fingerprint density at radius 3 is 2.60 bits per heavy atom. The number of nitrogens with zero attached hydrogens (tertiary/aromatic N) is 1. The zero-order chi connectivity index (χ0) is 17.2. The van der Waals surface area contributed by atoms with Crippen molar-refractivity contribution in [1.29, 1.82) is 0 Å². The van der Waals surface area contributed by atoms with E-state index in [2.05, 4.69) is 17.4 Å². The molecule has 0 aromatic heterocycles. The van der Waals surface area contributed by atoms with Gasteiger partial charge in [-0.15, -0.1) is 0 Å². The molecule has 2 heterocycles. The normalized spacial score (nSPS) is 15.7. The van der Waals surface area contributed by atoms with Crippen LogP contribution < -0.4 is 10.2 Å². The molecule has 25 heavy (non-hydrogen) atoms. The SMILES string of the molecule is O=C(NCCc1ccccc1)c1cc2c3c(c1)CCC(=O)N3CCC2. The van der Waals surface area contributed by atoms with E-state index in [0.717, 1.165) is 54.6 Å². The van der Waals surface area contributed by atoms with E-state index in [1.54, 1.807) is 0 Å². The van der Waals surface area contributed by atoms with Crippen LogP contribution in [0, 0.1) is 0 Å². The molecule has 4 heteroatoms. The lowest BCUT2D eigenvalue weighted by molar-refractivity contribution is -0.119. The van der Waals surface area contributed by atoms with Gasteiger partial charge in [0, 0.05) is 25.1 Å². The van der Waals surface area contributed by atoms with Gasteiger partial charge in [-0.1, -0.05) is 30.3 Å². The summed E-state index contributed by atoms with van der Waals surface area (Å²) in [4.78, 5) is 26.6. The van der Waals surface area contributed by atoms with Gasteiger partial charge in [-0.3, -0.25) is 9.59 Å². The lowest BCUT2D eigenvalue weighted by Gasteiger charge is -2.35. The Bertz CT molecular complexity index is 797. The van der Waals surface area contributed by atoms with E-state index in [9.17, 15) is 9.59 Å². The minimum absolute atomic E-state index is 0.0241. The van der Waals surface area contributed by atoms with E-state index in [1.165, 1.54) is 5.56 Å². The minimum atomic E-state index is -0.0241. The Hall–Kier alpha value is -2.62. The van der Waals surface area contributed by atoms with E-state index in [1.807, 2.05) is 35.2 Å². The molecule has 2 aliphatic rings. The van der Waals surface area contributed by atoms with Gasteiger partial charge < -0.3 is 10.2 Å². The van der Waals surface area contributed by atoms with Crippen LogP contribution in [0.25, 0.3) is 0 Å². The third kappa shape index (κ3) is 3.16. The highest BCUT2D eigenvalue weighted by molar-refractivity contribution is 6.00. The quantitative estimate of drug-likeness (QED) is 0.935. The molecule has 1 N–H and O–H groups in total. The van der Waals surface area contributed by atoms with E-state index in [0.29, 0.717) is 13.0 Å². The molecule has 2 aromatic carbocycles. The molecule has 0 unspecified atom stereocenters. The van der Waals surface area contributed by atoms with Crippen LogP contribution in [0.3, 0.4) is 0 Å². The van der Waals surface area contributed by atoms with Crippen LogP contribution in [0.4, 0.5) is 5.69 Å². The maximum atomic E-state index is 12.6. The second-order valence-electron chi connectivity index (χ2n) is 6.78. The van der Waals surface area contributed by atoms with Crippen molar-refractivity contribution in [2.75, 3.05) is 18.0 Å². The summed E-state index contributed by atoms with van der Waals surface area (Å²) < 4.78 is 0. The van der Waals surface area contributed by atoms with Crippen LogP contribution in [0.1, 0.15) is 39.9 Å². The predicted molar refractivity (Wildman–Crippen MR) is 97.9 cm³/mol. The average Bonchev–Trinajstić information content (AvgIpc) is 2.65. The largest absolute Gasteiger partial charge is 0.352 e. The lowest BCUT2D eigenvalue weighted by Crippen LogP contribution is -2.39. The summed E-state index contributed by atoms with van der Waals surface area (Å²) in [6, 6.07) is 14.1. The van der Waals surface area contributed by atoms with Crippen molar-refractivity contribution < 1.29 is 9.59 Å². The molecule has 128 valence electrons. The van der Waals surface area contributed by atoms with Crippen molar-refractivity contribution in [3.05, 3.63) is 64.7 Å². The van der Waals surface area contributed by atoms with Crippen molar-refractivity contribution in [2.24, 2.45) is 0 Å². The Kier molecular flexibility index (Phi) is 4.26. The maximum absolute atomic E-state index is 12.6.